The molecule has 1 N–H and O–H groups in total. The van der Waals surface area contributed by atoms with Crippen LogP contribution in [0.25, 0.3) is 11.0 Å². The second-order valence-electron chi connectivity index (χ2n) is 6.08. The lowest BCUT2D eigenvalue weighted by atomic mass is 9.98. The summed E-state index contributed by atoms with van der Waals surface area (Å²) < 4.78 is 21.7. The van der Waals surface area contributed by atoms with Crippen molar-refractivity contribution >= 4 is 16.7 Å². The minimum absolute atomic E-state index is 0.114. The van der Waals surface area contributed by atoms with Crippen LogP contribution in [0.3, 0.4) is 0 Å². The van der Waals surface area contributed by atoms with E-state index in [1.807, 2.05) is 24.3 Å². The van der Waals surface area contributed by atoms with Crippen molar-refractivity contribution in [1.29, 1.82) is 0 Å². The summed E-state index contributed by atoms with van der Waals surface area (Å²) in [5.74, 6) is 1.81. The van der Waals surface area contributed by atoms with E-state index in [0.29, 0.717) is 17.2 Å². The standard InChI is InChI=1S/C20H20N2O4/c1-23-18-9-14(10-19(24-2)20(18)25-3)16-11-15(21-22-16)12-4-5-17-13(8-12)6-7-26-17/h4-10,15,21H,11H2,1-3H3. The Bertz CT molecular complexity index is 952. The van der Waals surface area contributed by atoms with Crippen LogP contribution in [0.2, 0.25) is 0 Å². The molecular weight excluding hydrogens is 332 g/mol. The van der Waals surface area contributed by atoms with Crippen LogP contribution in [0.1, 0.15) is 23.6 Å². The molecule has 4 rings (SSSR count). The third-order valence-corrected chi connectivity index (χ3v) is 4.63. The van der Waals surface area contributed by atoms with Crippen LogP contribution in [-0.4, -0.2) is 27.0 Å². The minimum Gasteiger partial charge on any atom is -0.493 e. The topological polar surface area (TPSA) is 65.2 Å². The molecule has 0 fully saturated rings. The van der Waals surface area contributed by atoms with Crippen molar-refractivity contribution in [2.24, 2.45) is 5.10 Å². The first-order valence-electron chi connectivity index (χ1n) is 8.33. The lowest BCUT2D eigenvalue weighted by Crippen LogP contribution is -2.09. The van der Waals surface area contributed by atoms with Gasteiger partial charge in [-0.05, 0) is 35.9 Å². The fraction of sp³-hybridized carbons (Fsp3) is 0.250. The second kappa shape index (κ2) is 6.63. The van der Waals surface area contributed by atoms with Crippen molar-refractivity contribution in [3.05, 3.63) is 53.8 Å². The lowest BCUT2D eigenvalue weighted by Gasteiger charge is -2.14. The number of nitrogens with one attached hydrogen (secondary N) is 1. The third-order valence-electron chi connectivity index (χ3n) is 4.63. The highest BCUT2D eigenvalue weighted by Crippen LogP contribution is 2.39. The fourth-order valence-corrected chi connectivity index (χ4v) is 3.26. The first-order chi connectivity index (χ1) is 12.7. The number of fused-ring (bicyclic) bond motifs is 1. The van der Waals surface area contributed by atoms with Gasteiger partial charge in [-0.2, -0.15) is 5.10 Å². The molecule has 2 heterocycles. The average molecular weight is 352 g/mol. The van der Waals surface area contributed by atoms with Crippen molar-refractivity contribution in [2.75, 3.05) is 21.3 Å². The van der Waals surface area contributed by atoms with Gasteiger partial charge in [-0.3, -0.25) is 0 Å². The van der Waals surface area contributed by atoms with Gasteiger partial charge in [0.25, 0.3) is 0 Å². The Morgan fingerprint density at radius 3 is 2.46 bits per heavy atom. The number of methoxy groups -OCH3 is 3. The molecule has 0 saturated carbocycles. The SMILES string of the molecule is COc1cc(C2=NNC(c3ccc4occc4c3)C2)cc(OC)c1OC. The number of furan rings is 1. The number of ether oxygens (including phenoxy) is 3. The molecule has 0 bridgehead atoms. The van der Waals surface area contributed by atoms with E-state index in [4.69, 9.17) is 18.6 Å². The Balaban J connectivity index is 1.61. The van der Waals surface area contributed by atoms with Gasteiger partial charge in [0.2, 0.25) is 5.75 Å². The van der Waals surface area contributed by atoms with Gasteiger partial charge in [0.15, 0.2) is 11.5 Å². The molecule has 2 aromatic carbocycles. The van der Waals surface area contributed by atoms with Gasteiger partial charge in [0.1, 0.15) is 5.58 Å². The predicted octanol–water partition coefficient (Wildman–Crippen LogP) is 3.90. The predicted molar refractivity (Wildman–Crippen MR) is 99.3 cm³/mol. The van der Waals surface area contributed by atoms with Gasteiger partial charge >= 0.3 is 0 Å². The summed E-state index contributed by atoms with van der Waals surface area (Å²) in [7, 11) is 4.81. The number of nitrogens with zero attached hydrogens (tertiary/aromatic N) is 1. The zero-order valence-corrected chi connectivity index (χ0v) is 14.9. The highest BCUT2D eigenvalue weighted by Gasteiger charge is 2.24. The smallest absolute Gasteiger partial charge is 0.203 e. The number of benzene rings is 2. The molecule has 0 aliphatic carbocycles. The van der Waals surface area contributed by atoms with Crippen LogP contribution in [0.15, 0.2) is 52.2 Å². The second-order valence-corrected chi connectivity index (χ2v) is 6.08. The molecule has 1 unspecified atom stereocenters. The molecule has 1 aliphatic rings. The molecule has 0 amide bonds. The Kier molecular flexibility index (Phi) is 4.16. The summed E-state index contributed by atoms with van der Waals surface area (Å²) in [6.07, 6.45) is 2.47. The van der Waals surface area contributed by atoms with E-state index in [9.17, 15) is 0 Å². The first-order valence-corrected chi connectivity index (χ1v) is 8.33. The highest BCUT2D eigenvalue weighted by atomic mass is 16.5. The molecule has 0 spiro atoms. The van der Waals surface area contributed by atoms with Gasteiger partial charge in [0, 0.05) is 17.4 Å². The molecular formula is C20H20N2O4. The van der Waals surface area contributed by atoms with Crippen molar-refractivity contribution in [2.45, 2.75) is 12.5 Å². The van der Waals surface area contributed by atoms with E-state index in [2.05, 4.69) is 22.7 Å². The monoisotopic (exact) mass is 352 g/mol. The van der Waals surface area contributed by atoms with E-state index >= 15 is 0 Å². The third kappa shape index (κ3) is 2.73. The molecule has 0 saturated heterocycles. The van der Waals surface area contributed by atoms with Crippen LogP contribution in [-0.2, 0) is 0 Å². The quantitative estimate of drug-likeness (QED) is 0.754. The molecule has 26 heavy (non-hydrogen) atoms. The van der Waals surface area contributed by atoms with Gasteiger partial charge in [0.05, 0.1) is 39.3 Å². The van der Waals surface area contributed by atoms with Gasteiger partial charge < -0.3 is 24.1 Å². The molecule has 6 heteroatoms. The lowest BCUT2D eigenvalue weighted by molar-refractivity contribution is 0.324. The van der Waals surface area contributed by atoms with E-state index in [0.717, 1.165) is 28.7 Å². The van der Waals surface area contributed by atoms with E-state index in [1.54, 1.807) is 27.6 Å². The average Bonchev–Trinajstić information content (AvgIpc) is 3.35. The van der Waals surface area contributed by atoms with Crippen molar-refractivity contribution < 1.29 is 18.6 Å². The van der Waals surface area contributed by atoms with Crippen LogP contribution in [0.5, 0.6) is 17.2 Å². The summed E-state index contributed by atoms with van der Waals surface area (Å²) in [4.78, 5) is 0. The van der Waals surface area contributed by atoms with Gasteiger partial charge in [-0.25, -0.2) is 0 Å². The number of hydrazone groups is 1. The maximum absolute atomic E-state index is 5.44. The minimum atomic E-state index is 0.114. The van der Waals surface area contributed by atoms with Crippen molar-refractivity contribution in [3.8, 4) is 17.2 Å². The molecule has 0 radical (unpaired) electrons. The summed E-state index contributed by atoms with van der Waals surface area (Å²) in [6, 6.07) is 12.1. The number of rotatable bonds is 5. The molecule has 1 aliphatic heterocycles. The Morgan fingerprint density at radius 1 is 1.00 bits per heavy atom. The number of hydrogen-bond acceptors (Lipinski definition) is 6. The molecule has 134 valence electrons. The molecule has 6 nitrogen and oxygen atoms in total. The molecule has 1 aromatic heterocycles. The summed E-state index contributed by atoms with van der Waals surface area (Å²) >= 11 is 0. The highest BCUT2D eigenvalue weighted by molar-refractivity contribution is 6.03. The summed E-state index contributed by atoms with van der Waals surface area (Å²) in [5, 5.41) is 5.62. The maximum atomic E-state index is 5.44. The maximum Gasteiger partial charge on any atom is 0.203 e. The molecule has 3 aromatic rings. The largest absolute Gasteiger partial charge is 0.493 e. The first kappa shape index (κ1) is 16.3. The Hall–Kier alpha value is -3.15. The number of hydrogen-bond donors (Lipinski definition) is 1. The van der Waals surface area contributed by atoms with Crippen molar-refractivity contribution in [1.82, 2.24) is 5.43 Å². The normalized spacial score (nSPS) is 16.3. The zero-order chi connectivity index (χ0) is 18.1. The van der Waals surface area contributed by atoms with Crippen LogP contribution in [0, 0.1) is 0 Å². The van der Waals surface area contributed by atoms with E-state index < -0.39 is 0 Å². The zero-order valence-electron chi connectivity index (χ0n) is 14.9. The Morgan fingerprint density at radius 2 is 1.77 bits per heavy atom. The van der Waals surface area contributed by atoms with Gasteiger partial charge in [-0.1, -0.05) is 6.07 Å². The van der Waals surface area contributed by atoms with E-state index in [-0.39, 0.29) is 6.04 Å². The fourth-order valence-electron chi connectivity index (χ4n) is 3.26. The van der Waals surface area contributed by atoms with Crippen LogP contribution >= 0.6 is 0 Å². The van der Waals surface area contributed by atoms with Gasteiger partial charge in [-0.15, -0.1) is 0 Å². The summed E-state index contributed by atoms with van der Waals surface area (Å²) in [6.45, 7) is 0. The Labute approximate surface area is 151 Å². The summed E-state index contributed by atoms with van der Waals surface area (Å²) in [5.41, 5.74) is 7.17. The van der Waals surface area contributed by atoms with Crippen molar-refractivity contribution in [3.63, 3.8) is 0 Å². The molecule has 1 atom stereocenters. The van der Waals surface area contributed by atoms with Crippen LogP contribution < -0.4 is 19.6 Å². The van der Waals surface area contributed by atoms with Crippen LogP contribution in [0.4, 0.5) is 0 Å². The van der Waals surface area contributed by atoms with E-state index in [1.165, 1.54) is 5.56 Å².